The van der Waals surface area contributed by atoms with Gasteiger partial charge in [0.25, 0.3) is 0 Å². The van der Waals surface area contributed by atoms with E-state index in [1.807, 2.05) is 0 Å². The van der Waals surface area contributed by atoms with Crippen LogP contribution in [0, 0.1) is 5.41 Å². The molecule has 0 spiro atoms. The Bertz CT molecular complexity index is 605. The van der Waals surface area contributed by atoms with Crippen molar-refractivity contribution < 1.29 is 17.9 Å². The molecule has 0 aliphatic carbocycles. The number of pyridine rings is 1. The van der Waals surface area contributed by atoms with Gasteiger partial charge in [-0.2, -0.15) is 13.2 Å². The summed E-state index contributed by atoms with van der Waals surface area (Å²) in [6.07, 6.45) is -2.13. The van der Waals surface area contributed by atoms with Crippen LogP contribution in [-0.4, -0.2) is 49.8 Å². The number of hydrogen-bond donors (Lipinski definition) is 1. The summed E-state index contributed by atoms with van der Waals surface area (Å²) in [4.78, 5) is 6.26. The first-order valence-corrected chi connectivity index (χ1v) is 8.03. The van der Waals surface area contributed by atoms with Crippen LogP contribution in [-0.2, 0) is 10.9 Å². The number of hydrogen-bond acceptors (Lipinski definition) is 4. The van der Waals surface area contributed by atoms with Gasteiger partial charge in [0.2, 0.25) is 0 Å². The number of nitrogens with one attached hydrogen (secondary N) is 1. The lowest BCUT2D eigenvalue weighted by atomic mass is 9.81. The van der Waals surface area contributed by atoms with Crippen molar-refractivity contribution in [1.29, 1.82) is 0 Å². The van der Waals surface area contributed by atoms with E-state index in [-0.39, 0.29) is 11.3 Å². The van der Waals surface area contributed by atoms with E-state index < -0.39 is 11.7 Å². The van der Waals surface area contributed by atoms with E-state index >= 15 is 0 Å². The predicted octanol–water partition coefficient (Wildman–Crippen LogP) is 2.64. The lowest BCUT2D eigenvalue weighted by Gasteiger charge is -2.47. The van der Waals surface area contributed by atoms with Gasteiger partial charge in [0.05, 0.1) is 12.2 Å². The molecule has 4 nitrogen and oxygen atoms in total. The largest absolute Gasteiger partial charge is 0.416 e. The van der Waals surface area contributed by atoms with E-state index in [2.05, 4.69) is 21.8 Å². The summed E-state index contributed by atoms with van der Waals surface area (Å²) in [6, 6.07) is 2.17. The molecule has 132 valence electrons. The van der Waals surface area contributed by atoms with Gasteiger partial charge >= 0.3 is 6.18 Å². The molecule has 3 heterocycles. The van der Waals surface area contributed by atoms with Crippen LogP contribution in [0.25, 0.3) is 0 Å². The van der Waals surface area contributed by atoms with Crippen LogP contribution >= 0.6 is 0 Å². The minimum absolute atomic E-state index is 0.0120. The number of halogens is 3. The summed E-state index contributed by atoms with van der Waals surface area (Å²) >= 11 is 0. The standard InChI is InChI=1S/C17H22F3N3O/c1-12(16(11-24-2)4-6-21-10-16)23-8-13(9-23)15-7-14(3-5-22-15)17(18,19)20/h3,5,7,13,21H,1,4,6,8-11H2,2H3. The smallest absolute Gasteiger partial charge is 0.384 e. The number of ether oxygens (including phenoxy) is 1. The highest BCUT2D eigenvalue weighted by Crippen LogP contribution is 2.41. The molecule has 2 saturated heterocycles. The van der Waals surface area contributed by atoms with Gasteiger partial charge in [-0.1, -0.05) is 6.58 Å². The third-order valence-corrected chi connectivity index (χ3v) is 5.07. The zero-order chi connectivity index (χ0) is 17.4. The summed E-state index contributed by atoms with van der Waals surface area (Å²) < 4.78 is 43.8. The van der Waals surface area contributed by atoms with Gasteiger partial charge in [0.1, 0.15) is 0 Å². The Kier molecular flexibility index (Phi) is 4.57. The van der Waals surface area contributed by atoms with Gasteiger partial charge in [-0.25, -0.2) is 0 Å². The maximum Gasteiger partial charge on any atom is 0.416 e. The molecule has 0 bridgehead atoms. The Balaban J connectivity index is 1.66. The fraction of sp³-hybridized carbons (Fsp3) is 0.588. The van der Waals surface area contributed by atoms with Crippen molar-refractivity contribution in [2.24, 2.45) is 5.41 Å². The monoisotopic (exact) mass is 341 g/mol. The van der Waals surface area contributed by atoms with E-state index in [4.69, 9.17) is 4.74 Å². The predicted molar refractivity (Wildman–Crippen MR) is 84.5 cm³/mol. The van der Waals surface area contributed by atoms with Gasteiger partial charge in [-0.3, -0.25) is 4.98 Å². The minimum Gasteiger partial charge on any atom is -0.384 e. The molecule has 1 atom stereocenters. The van der Waals surface area contributed by atoms with E-state index in [1.165, 1.54) is 6.20 Å². The summed E-state index contributed by atoms with van der Waals surface area (Å²) in [7, 11) is 1.68. The van der Waals surface area contributed by atoms with Gasteiger partial charge in [-0.05, 0) is 25.1 Å². The molecule has 0 amide bonds. The molecular formula is C17H22F3N3O. The first-order valence-electron chi connectivity index (χ1n) is 8.03. The zero-order valence-corrected chi connectivity index (χ0v) is 13.7. The summed E-state index contributed by atoms with van der Waals surface area (Å²) in [6.45, 7) is 7.89. The van der Waals surface area contributed by atoms with Crippen molar-refractivity contribution >= 4 is 0 Å². The van der Waals surface area contributed by atoms with Crippen LogP contribution in [0.4, 0.5) is 13.2 Å². The second-order valence-electron chi connectivity index (χ2n) is 6.66. The van der Waals surface area contributed by atoms with Gasteiger partial charge in [-0.15, -0.1) is 0 Å². The third kappa shape index (κ3) is 3.15. The molecule has 2 aliphatic heterocycles. The molecular weight excluding hydrogens is 319 g/mol. The van der Waals surface area contributed by atoms with Crippen molar-refractivity contribution in [3.05, 3.63) is 41.9 Å². The number of likely N-dealkylation sites (tertiary alicyclic amines) is 1. The Morgan fingerprint density at radius 1 is 1.50 bits per heavy atom. The molecule has 1 aromatic heterocycles. The SMILES string of the molecule is C=C(N1CC(c2cc(C(F)(F)F)ccn2)C1)C1(COC)CCNC1. The molecule has 2 fully saturated rings. The fourth-order valence-corrected chi connectivity index (χ4v) is 3.54. The maximum atomic E-state index is 12.8. The minimum atomic E-state index is -4.33. The maximum absolute atomic E-state index is 12.8. The fourth-order valence-electron chi connectivity index (χ4n) is 3.54. The molecule has 3 rings (SSSR count). The highest BCUT2D eigenvalue weighted by atomic mass is 19.4. The Morgan fingerprint density at radius 3 is 2.83 bits per heavy atom. The Morgan fingerprint density at radius 2 is 2.25 bits per heavy atom. The molecule has 24 heavy (non-hydrogen) atoms. The van der Waals surface area contributed by atoms with Gasteiger partial charge < -0.3 is 15.0 Å². The first-order chi connectivity index (χ1) is 11.4. The molecule has 0 saturated carbocycles. The van der Waals surface area contributed by atoms with Crippen LogP contribution in [0.2, 0.25) is 0 Å². The van der Waals surface area contributed by atoms with E-state index in [0.717, 1.165) is 37.3 Å². The van der Waals surface area contributed by atoms with Gasteiger partial charge in [0, 0.05) is 55.7 Å². The van der Waals surface area contributed by atoms with Crippen molar-refractivity contribution in [3.63, 3.8) is 0 Å². The van der Waals surface area contributed by atoms with Crippen LogP contribution in [0.3, 0.4) is 0 Å². The van der Waals surface area contributed by atoms with Crippen molar-refractivity contribution in [2.45, 2.75) is 18.5 Å². The average Bonchev–Trinajstić information content (AvgIpc) is 2.95. The number of methoxy groups -OCH3 is 1. The third-order valence-electron chi connectivity index (χ3n) is 5.07. The second kappa shape index (κ2) is 6.37. The normalized spacial score (nSPS) is 24.9. The highest BCUT2D eigenvalue weighted by molar-refractivity contribution is 5.26. The molecule has 0 radical (unpaired) electrons. The van der Waals surface area contributed by atoms with Gasteiger partial charge in [0.15, 0.2) is 0 Å². The summed E-state index contributed by atoms with van der Waals surface area (Å²) in [5, 5.41) is 3.34. The molecule has 1 unspecified atom stereocenters. The van der Waals surface area contributed by atoms with Crippen LogP contribution in [0.1, 0.15) is 23.6 Å². The number of nitrogens with zero attached hydrogens (tertiary/aromatic N) is 2. The zero-order valence-electron chi connectivity index (χ0n) is 13.7. The first kappa shape index (κ1) is 17.2. The lowest BCUT2D eigenvalue weighted by molar-refractivity contribution is -0.137. The van der Waals surface area contributed by atoms with E-state index in [1.54, 1.807) is 7.11 Å². The average molecular weight is 341 g/mol. The van der Waals surface area contributed by atoms with Crippen molar-refractivity contribution in [3.8, 4) is 0 Å². The highest BCUT2D eigenvalue weighted by Gasteiger charge is 2.43. The topological polar surface area (TPSA) is 37.4 Å². The van der Waals surface area contributed by atoms with Crippen LogP contribution < -0.4 is 5.32 Å². The van der Waals surface area contributed by atoms with Crippen LogP contribution in [0.5, 0.6) is 0 Å². The number of rotatable bonds is 5. The quantitative estimate of drug-likeness (QED) is 0.893. The summed E-state index contributed by atoms with van der Waals surface area (Å²) in [5.41, 5.74) is 0.762. The Hall–Kier alpha value is -1.60. The number of alkyl halides is 3. The molecule has 7 heteroatoms. The molecule has 1 aromatic rings. The molecule has 2 aliphatic rings. The van der Waals surface area contributed by atoms with Crippen molar-refractivity contribution in [1.82, 2.24) is 15.2 Å². The number of aromatic nitrogens is 1. The molecule has 0 aromatic carbocycles. The van der Waals surface area contributed by atoms with Crippen LogP contribution in [0.15, 0.2) is 30.6 Å². The second-order valence-corrected chi connectivity index (χ2v) is 6.66. The summed E-state index contributed by atoms with van der Waals surface area (Å²) in [5.74, 6) is 0.0120. The van der Waals surface area contributed by atoms with Crippen molar-refractivity contribution in [2.75, 3.05) is 39.9 Å². The van der Waals surface area contributed by atoms with E-state index in [9.17, 15) is 13.2 Å². The van der Waals surface area contributed by atoms with E-state index in [0.29, 0.717) is 25.4 Å². The lowest BCUT2D eigenvalue weighted by Crippen LogP contribution is -2.50. The molecule has 1 N–H and O–H groups in total. The Labute approximate surface area is 139 Å².